The summed E-state index contributed by atoms with van der Waals surface area (Å²) < 4.78 is 31.1. The van der Waals surface area contributed by atoms with Gasteiger partial charge < -0.3 is 15.0 Å². The van der Waals surface area contributed by atoms with Gasteiger partial charge in [0.25, 0.3) is 0 Å². The average Bonchev–Trinajstić information content (AvgIpc) is 3.22. The Labute approximate surface area is 182 Å². The van der Waals surface area contributed by atoms with Crippen LogP contribution in [-0.4, -0.2) is 46.8 Å². The number of rotatable bonds is 7. The number of nitrogens with zero attached hydrogens (tertiary/aromatic N) is 2. The summed E-state index contributed by atoms with van der Waals surface area (Å²) in [6, 6.07) is 11.2. The zero-order valence-electron chi connectivity index (χ0n) is 17.3. The van der Waals surface area contributed by atoms with Crippen LogP contribution in [-0.2, 0) is 14.8 Å². The van der Waals surface area contributed by atoms with E-state index in [9.17, 15) is 13.2 Å². The molecule has 1 aliphatic rings. The fraction of sp³-hybridized carbons (Fsp3) is 0.381. The molecule has 1 fully saturated rings. The zero-order chi connectivity index (χ0) is 21.9. The highest BCUT2D eigenvalue weighted by molar-refractivity contribution is 7.92. The third-order valence-corrected chi connectivity index (χ3v) is 6.62. The molecule has 1 saturated heterocycles. The van der Waals surface area contributed by atoms with Crippen LogP contribution >= 0.6 is 11.6 Å². The molecule has 162 valence electrons. The Balaban J connectivity index is 1.78. The molecule has 2 aromatic rings. The summed E-state index contributed by atoms with van der Waals surface area (Å²) in [6.45, 7) is 3.61. The highest BCUT2D eigenvalue weighted by Gasteiger charge is 2.29. The first-order valence-electron chi connectivity index (χ1n) is 9.69. The maximum Gasteiger partial charge on any atom is 0.247 e. The lowest BCUT2D eigenvalue weighted by Crippen LogP contribution is -2.45. The standard InChI is InChI=1S/C21H26ClN3O4S/c1-15(25(30(3,27)28)18-10-11-20(29-2)19(22)14-18)21(26)23-16-6-8-17(9-7-16)24-12-4-5-13-24/h6-11,14-15H,4-5,12-13H2,1-3H3,(H,23,26)/t15-/m0/s1. The first-order valence-corrected chi connectivity index (χ1v) is 11.9. The number of amides is 1. The predicted octanol–water partition coefficient (Wildman–Crippen LogP) is 3.74. The summed E-state index contributed by atoms with van der Waals surface area (Å²) in [5.74, 6) is -0.0228. The van der Waals surface area contributed by atoms with E-state index in [4.69, 9.17) is 16.3 Å². The minimum Gasteiger partial charge on any atom is -0.495 e. The van der Waals surface area contributed by atoms with Crippen molar-refractivity contribution in [3.63, 3.8) is 0 Å². The zero-order valence-corrected chi connectivity index (χ0v) is 18.8. The van der Waals surface area contributed by atoms with E-state index in [0.717, 1.165) is 29.3 Å². The third-order valence-electron chi connectivity index (χ3n) is 5.08. The number of sulfonamides is 1. The maximum atomic E-state index is 12.8. The molecule has 1 heterocycles. The molecule has 30 heavy (non-hydrogen) atoms. The van der Waals surface area contributed by atoms with Gasteiger partial charge in [0.05, 0.1) is 24.1 Å². The molecule has 1 atom stereocenters. The molecule has 0 unspecified atom stereocenters. The Morgan fingerprint density at radius 1 is 1.17 bits per heavy atom. The Bertz CT molecular complexity index is 1010. The number of carbonyl (C=O) groups is 1. The molecule has 1 amide bonds. The van der Waals surface area contributed by atoms with Crippen LogP contribution in [0, 0.1) is 0 Å². The second kappa shape index (κ2) is 9.14. The monoisotopic (exact) mass is 451 g/mol. The van der Waals surface area contributed by atoms with Gasteiger partial charge in [0.2, 0.25) is 15.9 Å². The minimum atomic E-state index is -3.74. The van der Waals surface area contributed by atoms with Crippen LogP contribution in [0.1, 0.15) is 19.8 Å². The lowest BCUT2D eigenvalue weighted by Gasteiger charge is -2.28. The topological polar surface area (TPSA) is 79.0 Å². The van der Waals surface area contributed by atoms with Gasteiger partial charge in [-0.1, -0.05) is 11.6 Å². The highest BCUT2D eigenvalue weighted by atomic mass is 35.5. The van der Waals surface area contributed by atoms with Crippen LogP contribution < -0.4 is 19.3 Å². The first kappa shape index (κ1) is 22.2. The van der Waals surface area contributed by atoms with Gasteiger partial charge in [-0.3, -0.25) is 9.10 Å². The first-order chi connectivity index (χ1) is 14.2. The van der Waals surface area contributed by atoms with E-state index in [0.29, 0.717) is 11.4 Å². The molecular weight excluding hydrogens is 426 g/mol. The molecule has 1 N–H and O–H groups in total. The van der Waals surface area contributed by atoms with Gasteiger partial charge in [0.1, 0.15) is 11.8 Å². The van der Waals surface area contributed by atoms with Crippen molar-refractivity contribution in [2.45, 2.75) is 25.8 Å². The molecule has 2 aromatic carbocycles. The van der Waals surface area contributed by atoms with E-state index in [1.807, 2.05) is 24.3 Å². The smallest absolute Gasteiger partial charge is 0.247 e. The number of nitrogens with one attached hydrogen (secondary N) is 1. The summed E-state index contributed by atoms with van der Waals surface area (Å²) in [5, 5.41) is 3.06. The Morgan fingerprint density at radius 2 is 1.80 bits per heavy atom. The van der Waals surface area contributed by atoms with E-state index in [1.54, 1.807) is 12.1 Å². The van der Waals surface area contributed by atoms with Crippen LogP contribution in [0.4, 0.5) is 17.1 Å². The molecule has 0 aromatic heterocycles. The van der Waals surface area contributed by atoms with Crippen molar-refractivity contribution in [2.24, 2.45) is 0 Å². The van der Waals surface area contributed by atoms with Crippen molar-refractivity contribution < 1.29 is 17.9 Å². The molecule has 3 rings (SSSR count). The summed E-state index contributed by atoms with van der Waals surface area (Å²) in [7, 11) is -2.27. The van der Waals surface area contributed by atoms with Crippen molar-refractivity contribution in [1.82, 2.24) is 0 Å². The molecule has 0 spiro atoms. The maximum absolute atomic E-state index is 12.8. The van der Waals surface area contributed by atoms with Crippen molar-refractivity contribution in [3.05, 3.63) is 47.5 Å². The lowest BCUT2D eigenvalue weighted by molar-refractivity contribution is -0.116. The fourth-order valence-corrected chi connectivity index (χ4v) is 5.00. The Morgan fingerprint density at radius 3 is 2.33 bits per heavy atom. The normalized spacial score (nSPS) is 15.0. The molecule has 0 aliphatic carbocycles. The van der Waals surface area contributed by atoms with Gasteiger partial charge in [-0.2, -0.15) is 0 Å². The summed E-state index contributed by atoms with van der Waals surface area (Å²) in [6.07, 6.45) is 3.43. The average molecular weight is 452 g/mol. The van der Waals surface area contributed by atoms with Gasteiger partial charge >= 0.3 is 0 Å². The number of benzene rings is 2. The summed E-state index contributed by atoms with van der Waals surface area (Å²) in [5.41, 5.74) is 2.01. The van der Waals surface area contributed by atoms with E-state index < -0.39 is 22.0 Å². The number of methoxy groups -OCH3 is 1. The quantitative estimate of drug-likeness (QED) is 0.693. The highest BCUT2D eigenvalue weighted by Crippen LogP contribution is 2.31. The van der Waals surface area contributed by atoms with Gasteiger partial charge in [0, 0.05) is 24.5 Å². The van der Waals surface area contributed by atoms with Gasteiger partial charge in [0.15, 0.2) is 0 Å². The van der Waals surface area contributed by atoms with E-state index in [1.165, 1.54) is 32.9 Å². The second-order valence-electron chi connectivity index (χ2n) is 7.28. The summed E-state index contributed by atoms with van der Waals surface area (Å²) in [4.78, 5) is 15.1. The predicted molar refractivity (Wildman–Crippen MR) is 121 cm³/mol. The largest absolute Gasteiger partial charge is 0.495 e. The van der Waals surface area contributed by atoms with Crippen LogP contribution in [0.3, 0.4) is 0 Å². The third kappa shape index (κ3) is 4.99. The van der Waals surface area contributed by atoms with Gasteiger partial charge in [-0.15, -0.1) is 0 Å². The lowest BCUT2D eigenvalue weighted by atomic mass is 10.2. The van der Waals surface area contributed by atoms with Gasteiger partial charge in [-0.25, -0.2) is 8.42 Å². The molecule has 0 bridgehead atoms. The van der Waals surface area contributed by atoms with E-state index in [-0.39, 0.29) is 10.7 Å². The molecule has 7 nitrogen and oxygen atoms in total. The van der Waals surface area contributed by atoms with E-state index >= 15 is 0 Å². The van der Waals surface area contributed by atoms with E-state index in [2.05, 4.69) is 10.2 Å². The van der Waals surface area contributed by atoms with Crippen LogP contribution in [0.5, 0.6) is 5.75 Å². The van der Waals surface area contributed by atoms with Crippen molar-refractivity contribution >= 4 is 44.6 Å². The molecule has 1 aliphatic heterocycles. The Kier molecular flexibility index (Phi) is 6.77. The molecule has 0 saturated carbocycles. The van der Waals surface area contributed by atoms with Crippen LogP contribution in [0.2, 0.25) is 5.02 Å². The van der Waals surface area contributed by atoms with Crippen molar-refractivity contribution in [2.75, 3.05) is 41.0 Å². The summed E-state index contributed by atoms with van der Waals surface area (Å²) >= 11 is 6.16. The minimum absolute atomic E-state index is 0.258. The molecular formula is C21H26ClN3O4S. The van der Waals surface area contributed by atoms with Crippen molar-refractivity contribution in [1.29, 1.82) is 0 Å². The fourth-order valence-electron chi connectivity index (χ4n) is 3.58. The number of hydrogen-bond donors (Lipinski definition) is 1. The molecule has 9 heteroatoms. The number of ether oxygens (including phenoxy) is 1. The SMILES string of the molecule is COc1ccc(N([C@@H](C)C(=O)Nc2ccc(N3CCCC3)cc2)S(C)(=O)=O)cc1Cl. The second-order valence-corrected chi connectivity index (χ2v) is 9.55. The van der Waals surface area contributed by atoms with Crippen LogP contribution in [0.25, 0.3) is 0 Å². The number of halogens is 1. The van der Waals surface area contributed by atoms with Crippen molar-refractivity contribution in [3.8, 4) is 5.75 Å². The van der Waals surface area contributed by atoms with Gasteiger partial charge in [-0.05, 0) is 62.2 Å². The number of anilines is 3. The number of carbonyl (C=O) groups excluding carboxylic acids is 1. The molecule has 0 radical (unpaired) electrons. The Hall–Kier alpha value is -2.45. The van der Waals surface area contributed by atoms with Crippen LogP contribution in [0.15, 0.2) is 42.5 Å². The number of hydrogen-bond acceptors (Lipinski definition) is 5.